The summed E-state index contributed by atoms with van der Waals surface area (Å²) >= 11 is 3.27. The van der Waals surface area contributed by atoms with Crippen molar-refractivity contribution in [1.29, 1.82) is 5.26 Å². The molecule has 0 heterocycles. The second-order valence-electron chi connectivity index (χ2n) is 2.82. The van der Waals surface area contributed by atoms with E-state index in [1.54, 1.807) is 12.1 Å². The van der Waals surface area contributed by atoms with E-state index >= 15 is 0 Å². The summed E-state index contributed by atoms with van der Waals surface area (Å²) in [4.78, 5) is 0. The van der Waals surface area contributed by atoms with E-state index in [2.05, 4.69) is 21.2 Å². The number of nitrogens with zero attached hydrogens (tertiary/aromatic N) is 1. The van der Waals surface area contributed by atoms with Crippen LogP contribution < -0.4 is 5.32 Å². The van der Waals surface area contributed by atoms with E-state index < -0.39 is 0 Å². The van der Waals surface area contributed by atoms with E-state index in [9.17, 15) is 4.39 Å². The van der Waals surface area contributed by atoms with Crippen LogP contribution >= 0.6 is 15.9 Å². The smallest absolute Gasteiger partial charge is 0.127 e. The van der Waals surface area contributed by atoms with Gasteiger partial charge in [-0.1, -0.05) is 15.9 Å². The number of rotatable bonds is 4. The summed E-state index contributed by atoms with van der Waals surface area (Å²) in [5.41, 5.74) is 0.609. The average Bonchev–Trinajstić information content (AvgIpc) is 2.18. The molecule has 1 rings (SSSR count). The Hall–Kier alpha value is -0.920. The van der Waals surface area contributed by atoms with Gasteiger partial charge in [0.25, 0.3) is 0 Å². The van der Waals surface area contributed by atoms with Crippen molar-refractivity contribution in [3.8, 4) is 6.07 Å². The Morgan fingerprint density at radius 2 is 2.29 bits per heavy atom. The molecule has 4 heteroatoms. The largest absolute Gasteiger partial charge is 0.312 e. The van der Waals surface area contributed by atoms with Crippen molar-refractivity contribution in [2.75, 3.05) is 6.54 Å². The molecule has 1 aromatic rings. The number of nitriles is 1. The minimum Gasteiger partial charge on any atom is -0.312 e. The molecule has 14 heavy (non-hydrogen) atoms. The summed E-state index contributed by atoms with van der Waals surface area (Å²) in [6, 6.07) is 6.83. The Kier molecular flexibility index (Phi) is 4.57. The normalized spacial score (nSPS) is 9.79. The third-order valence-corrected chi connectivity index (χ3v) is 2.23. The topological polar surface area (TPSA) is 35.8 Å². The molecule has 0 spiro atoms. The van der Waals surface area contributed by atoms with Crippen LogP contribution in [0.3, 0.4) is 0 Å². The lowest BCUT2D eigenvalue weighted by atomic mass is 10.2. The highest BCUT2D eigenvalue weighted by Gasteiger charge is 2.01. The average molecular weight is 257 g/mol. The number of hydrogen-bond acceptors (Lipinski definition) is 2. The van der Waals surface area contributed by atoms with Crippen LogP contribution in [0.2, 0.25) is 0 Å². The monoisotopic (exact) mass is 256 g/mol. The van der Waals surface area contributed by atoms with Gasteiger partial charge in [-0.05, 0) is 18.2 Å². The second kappa shape index (κ2) is 5.74. The lowest BCUT2D eigenvalue weighted by molar-refractivity contribution is 0.589. The summed E-state index contributed by atoms with van der Waals surface area (Å²) in [6.45, 7) is 1.04. The number of benzene rings is 1. The van der Waals surface area contributed by atoms with Crippen molar-refractivity contribution in [1.82, 2.24) is 5.32 Å². The summed E-state index contributed by atoms with van der Waals surface area (Å²) in [7, 11) is 0. The van der Waals surface area contributed by atoms with Gasteiger partial charge in [0, 0.05) is 29.5 Å². The molecule has 0 bridgehead atoms. The number of halogens is 2. The lowest BCUT2D eigenvalue weighted by Gasteiger charge is -2.04. The molecule has 0 amide bonds. The van der Waals surface area contributed by atoms with E-state index in [1.165, 1.54) is 6.07 Å². The molecular formula is C10H10BrFN2. The van der Waals surface area contributed by atoms with Gasteiger partial charge in [-0.3, -0.25) is 0 Å². The quantitative estimate of drug-likeness (QED) is 0.841. The minimum atomic E-state index is -0.224. The third kappa shape index (κ3) is 3.44. The van der Waals surface area contributed by atoms with E-state index in [-0.39, 0.29) is 5.82 Å². The van der Waals surface area contributed by atoms with Crippen molar-refractivity contribution >= 4 is 15.9 Å². The van der Waals surface area contributed by atoms with Gasteiger partial charge in [-0.2, -0.15) is 5.26 Å². The molecule has 0 aliphatic rings. The molecule has 0 atom stereocenters. The molecule has 0 saturated heterocycles. The molecule has 1 aromatic carbocycles. The van der Waals surface area contributed by atoms with Crippen LogP contribution in [0.15, 0.2) is 22.7 Å². The molecule has 0 radical (unpaired) electrons. The van der Waals surface area contributed by atoms with Gasteiger partial charge in [0.2, 0.25) is 0 Å². The Balaban J connectivity index is 2.50. The predicted molar refractivity (Wildman–Crippen MR) is 56.0 cm³/mol. The fourth-order valence-corrected chi connectivity index (χ4v) is 1.45. The van der Waals surface area contributed by atoms with E-state index in [1.807, 2.05) is 6.07 Å². The van der Waals surface area contributed by atoms with Crippen molar-refractivity contribution in [3.05, 3.63) is 34.1 Å². The van der Waals surface area contributed by atoms with E-state index in [0.29, 0.717) is 25.1 Å². The van der Waals surface area contributed by atoms with Crippen molar-refractivity contribution < 1.29 is 4.39 Å². The number of nitrogens with one attached hydrogen (secondary N) is 1. The first kappa shape index (κ1) is 11.2. The van der Waals surface area contributed by atoms with Gasteiger partial charge < -0.3 is 5.32 Å². The van der Waals surface area contributed by atoms with Crippen LogP contribution in [0.4, 0.5) is 4.39 Å². The first-order valence-corrected chi connectivity index (χ1v) is 5.05. The summed E-state index contributed by atoms with van der Waals surface area (Å²) in [5, 5.41) is 11.3. The van der Waals surface area contributed by atoms with Gasteiger partial charge >= 0.3 is 0 Å². The molecule has 0 saturated carbocycles. The Labute approximate surface area is 90.9 Å². The Morgan fingerprint density at radius 3 is 3.00 bits per heavy atom. The molecule has 0 unspecified atom stereocenters. The maximum atomic E-state index is 13.2. The van der Waals surface area contributed by atoms with Gasteiger partial charge in [0.15, 0.2) is 0 Å². The zero-order valence-corrected chi connectivity index (χ0v) is 9.14. The molecule has 2 nitrogen and oxygen atoms in total. The highest BCUT2D eigenvalue weighted by molar-refractivity contribution is 9.10. The molecular weight excluding hydrogens is 247 g/mol. The molecule has 0 aromatic heterocycles. The molecule has 0 aliphatic carbocycles. The van der Waals surface area contributed by atoms with Crippen molar-refractivity contribution in [2.24, 2.45) is 0 Å². The zero-order chi connectivity index (χ0) is 10.4. The summed E-state index contributed by atoms with van der Waals surface area (Å²) in [6.07, 6.45) is 0.440. The van der Waals surface area contributed by atoms with Crippen molar-refractivity contribution in [3.63, 3.8) is 0 Å². The highest BCUT2D eigenvalue weighted by atomic mass is 79.9. The van der Waals surface area contributed by atoms with Gasteiger partial charge in [-0.15, -0.1) is 0 Å². The standard InChI is InChI=1S/C10H10BrFN2/c11-9-2-3-10(12)8(6-9)7-14-5-1-4-13/h2-3,6,14H,1,5,7H2. The van der Waals surface area contributed by atoms with Crippen LogP contribution in [-0.4, -0.2) is 6.54 Å². The van der Waals surface area contributed by atoms with Crippen LogP contribution in [0.5, 0.6) is 0 Å². The van der Waals surface area contributed by atoms with Crippen LogP contribution in [0, 0.1) is 17.1 Å². The second-order valence-corrected chi connectivity index (χ2v) is 3.74. The molecule has 74 valence electrons. The first-order chi connectivity index (χ1) is 6.74. The molecule has 0 aliphatic heterocycles. The Bertz CT molecular complexity index is 346. The fourth-order valence-electron chi connectivity index (χ4n) is 1.05. The highest BCUT2D eigenvalue weighted by Crippen LogP contribution is 2.15. The van der Waals surface area contributed by atoms with Crippen LogP contribution in [0.25, 0.3) is 0 Å². The van der Waals surface area contributed by atoms with Gasteiger partial charge in [0.05, 0.1) is 6.07 Å². The third-order valence-electron chi connectivity index (χ3n) is 1.74. The summed E-state index contributed by atoms with van der Waals surface area (Å²) < 4.78 is 14.0. The van der Waals surface area contributed by atoms with Gasteiger partial charge in [0.1, 0.15) is 5.82 Å². The maximum Gasteiger partial charge on any atom is 0.127 e. The minimum absolute atomic E-state index is 0.224. The molecule has 0 fully saturated rings. The van der Waals surface area contributed by atoms with Crippen molar-refractivity contribution in [2.45, 2.75) is 13.0 Å². The Morgan fingerprint density at radius 1 is 1.50 bits per heavy atom. The van der Waals surface area contributed by atoms with E-state index in [4.69, 9.17) is 5.26 Å². The van der Waals surface area contributed by atoms with Gasteiger partial charge in [-0.25, -0.2) is 4.39 Å². The first-order valence-electron chi connectivity index (χ1n) is 4.25. The van der Waals surface area contributed by atoms with Crippen LogP contribution in [0.1, 0.15) is 12.0 Å². The fraction of sp³-hybridized carbons (Fsp3) is 0.300. The lowest BCUT2D eigenvalue weighted by Crippen LogP contribution is -2.15. The maximum absolute atomic E-state index is 13.2. The SMILES string of the molecule is N#CCCNCc1cc(Br)ccc1F. The molecule has 1 N–H and O–H groups in total. The van der Waals surface area contributed by atoms with E-state index in [0.717, 1.165) is 4.47 Å². The summed E-state index contributed by atoms with van der Waals surface area (Å²) in [5.74, 6) is -0.224. The predicted octanol–water partition coefficient (Wildman–Crippen LogP) is 2.59. The number of hydrogen-bond donors (Lipinski definition) is 1. The van der Waals surface area contributed by atoms with Crippen LogP contribution in [-0.2, 0) is 6.54 Å². The zero-order valence-electron chi connectivity index (χ0n) is 7.56.